The van der Waals surface area contributed by atoms with Crippen molar-refractivity contribution < 1.29 is 28.6 Å². The largest absolute Gasteiger partial charge is 0.462 e. The first-order chi connectivity index (χ1) is 41.0. The van der Waals surface area contributed by atoms with E-state index in [1.165, 1.54) is 154 Å². The summed E-state index contributed by atoms with van der Waals surface area (Å²) < 4.78 is 16.9. The Balaban J connectivity index is 4.46. The number of carbonyl (C=O) groups excluding carboxylic acids is 3. The number of unbranched alkanes of at least 4 members (excludes halogenated alkanes) is 29. The fourth-order valence-corrected chi connectivity index (χ4v) is 9.54. The van der Waals surface area contributed by atoms with E-state index >= 15 is 0 Å². The fraction of sp³-hybridized carbons (Fsp3) is 0.675. The molecule has 0 aromatic carbocycles. The molecule has 0 N–H and O–H groups in total. The van der Waals surface area contributed by atoms with Crippen molar-refractivity contribution in [2.75, 3.05) is 13.2 Å². The van der Waals surface area contributed by atoms with Gasteiger partial charge in [-0.05, 0) is 109 Å². The van der Waals surface area contributed by atoms with Crippen molar-refractivity contribution in [3.05, 3.63) is 134 Å². The molecular formula is C77H128O6. The van der Waals surface area contributed by atoms with Crippen LogP contribution in [0.1, 0.15) is 316 Å². The molecule has 1 atom stereocenters. The lowest BCUT2D eigenvalue weighted by atomic mass is 10.0. The lowest BCUT2D eigenvalue weighted by Gasteiger charge is -2.18. The minimum Gasteiger partial charge on any atom is -0.462 e. The maximum absolute atomic E-state index is 12.9. The van der Waals surface area contributed by atoms with Crippen molar-refractivity contribution in [3.8, 4) is 0 Å². The monoisotopic (exact) mass is 1150 g/mol. The van der Waals surface area contributed by atoms with Crippen LogP contribution >= 0.6 is 0 Å². The Labute approximate surface area is 513 Å². The van der Waals surface area contributed by atoms with Gasteiger partial charge in [0, 0.05) is 19.3 Å². The molecule has 0 bridgehead atoms. The third-order valence-electron chi connectivity index (χ3n) is 14.7. The Morgan fingerprint density at radius 3 is 0.771 bits per heavy atom. The van der Waals surface area contributed by atoms with E-state index in [1.807, 2.05) is 0 Å². The summed E-state index contributed by atoms with van der Waals surface area (Å²) in [6.07, 6.45) is 99.0. The number of carbonyl (C=O) groups is 3. The predicted molar refractivity (Wildman–Crippen MR) is 362 cm³/mol. The van der Waals surface area contributed by atoms with E-state index in [2.05, 4.69) is 154 Å². The van der Waals surface area contributed by atoms with Crippen LogP contribution in [0.5, 0.6) is 0 Å². The summed E-state index contributed by atoms with van der Waals surface area (Å²) in [5.74, 6) is -0.954. The fourth-order valence-electron chi connectivity index (χ4n) is 9.54. The first kappa shape index (κ1) is 78.5. The molecule has 0 saturated carbocycles. The summed E-state index contributed by atoms with van der Waals surface area (Å²) in [5, 5.41) is 0. The first-order valence-corrected chi connectivity index (χ1v) is 34.7. The van der Waals surface area contributed by atoms with E-state index in [0.29, 0.717) is 19.3 Å². The minimum atomic E-state index is -0.814. The Hall–Kier alpha value is -4.45. The molecular weight excluding hydrogens is 1020 g/mol. The Morgan fingerprint density at radius 1 is 0.253 bits per heavy atom. The molecule has 0 aromatic heterocycles. The molecule has 0 radical (unpaired) electrons. The third kappa shape index (κ3) is 68.2. The van der Waals surface area contributed by atoms with Gasteiger partial charge in [-0.25, -0.2) is 0 Å². The molecule has 0 heterocycles. The van der Waals surface area contributed by atoms with E-state index in [0.717, 1.165) is 116 Å². The van der Waals surface area contributed by atoms with Gasteiger partial charge >= 0.3 is 17.9 Å². The Bertz CT molecular complexity index is 1750. The van der Waals surface area contributed by atoms with Crippen molar-refractivity contribution in [1.29, 1.82) is 0 Å². The van der Waals surface area contributed by atoms with Crippen molar-refractivity contribution in [2.24, 2.45) is 0 Å². The van der Waals surface area contributed by atoms with Crippen LogP contribution in [0.3, 0.4) is 0 Å². The van der Waals surface area contributed by atoms with Gasteiger partial charge in [0.15, 0.2) is 6.10 Å². The summed E-state index contributed by atoms with van der Waals surface area (Å²) in [5.41, 5.74) is 0. The highest BCUT2D eigenvalue weighted by molar-refractivity contribution is 5.71. The summed E-state index contributed by atoms with van der Waals surface area (Å²) in [7, 11) is 0. The van der Waals surface area contributed by atoms with Crippen molar-refractivity contribution in [3.63, 3.8) is 0 Å². The van der Waals surface area contributed by atoms with Gasteiger partial charge in [-0.3, -0.25) is 14.4 Å². The molecule has 1 unspecified atom stereocenters. The molecule has 0 fully saturated rings. The van der Waals surface area contributed by atoms with Gasteiger partial charge < -0.3 is 14.2 Å². The smallest absolute Gasteiger partial charge is 0.306 e. The second kappa shape index (κ2) is 70.0. The standard InChI is InChI=1S/C77H128O6/c1-4-7-10-13-16-19-22-25-28-31-33-35-37-38-40-41-43-46-49-52-55-58-61-64-67-70-76(79)82-73-74(72-81-75(78)69-66-63-60-57-54-51-48-45-30-27-24-21-18-15-12-9-6-3)83-77(80)71-68-65-62-59-56-53-50-47-44-42-39-36-34-32-29-26-23-20-17-14-11-8-5-2/h7-8,10-11,16-17,19-20,25-26,28-29,33-36,42,44,50,53,59,62,74H,4-6,9,12-15,18,21-24,27,30-32,37-41,43,45-49,51-52,54-58,60-61,63-73H2,1-3H3/b10-7-,11-8-,19-16-,20-17-,28-25-,29-26-,35-33-,36-34-,44-42-,53-50-,62-59-. The van der Waals surface area contributed by atoms with E-state index < -0.39 is 6.10 Å². The number of hydrogen-bond donors (Lipinski definition) is 0. The highest BCUT2D eigenvalue weighted by Gasteiger charge is 2.19. The molecule has 6 heteroatoms. The average molecular weight is 1150 g/mol. The van der Waals surface area contributed by atoms with Crippen LogP contribution in [0.15, 0.2) is 134 Å². The number of ether oxygens (including phenoxy) is 3. The van der Waals surface area contributed by atoms with Crippen LogP contribution in [0.2, 0.25) is 0 Å². The van der Waals surface area contributed by atoms with E-state index in [4.69, 9.17) is 14.2 Å². The molecule has 0 aliphatic heterocycles. The number of rotatable bonds is 62. The molecule has 6 nitrogen and oxygen atoms in total. The number of esters is 3. The Morgan fingerprint density at radius 2 is 0.482 bits per heavy atom. The van der Waals surface area contributed by atoms with Gasteiger partial charge in [0.1, 0.15) is 13.2 Å². The molecule has 472 valence electrons. The molecule has 83 heavy (non-hydrogen) atoms. The number of hydrogen-bond acceptors (Lipinski definition) is 6. The van der Waals surface area contributed by atoms with E-state index in [-0.39, 0.29) is 37.5 Å². The summed E-state index contributed by atoms with van der Waals surface area (Å²) in [4.78, 5) is 38.5. The van der Waals surface area contributed by atoms with Gasteiger partial charge in [-0.15, -0.1) is 0 Å². The van der Waals surface area contributed by atoms with Crippen molar-refractivity contribution >= 4 is 17.9 Å². The van der Waals surface area contributed by atoms with Crippen LogP contribution in [-0.2, 0) is 28.6 Å². The quantitative estimate of drug-likeness (QED) is 0.0261. The lowest BCUT2D eigenvalue weighted by molar-refractivity contribution is -0.167. The second-order valence-electron chi connectivity index (χ2n) is 22.7. The van der Waals surface area contributed by atoms with Crippen molar-refractivity contribution in [2.45, 2.75) is 322 Å². The maximum Gasteiger partial charge on any atom is 0.306 e. The van der Waals surface area contributed by atoms with E-state index in [1.54, 1.807) is 0 Å². The summed E-state index contributed by atoms with van der Waals surface area (Å²) >= 11 is 0. The normalized spacial score (nSPS) is 13.0. The predicted octanol–water partition coefficient (Wildman–Crippen LogP) is 24.1. The van der Waals surface area contributed by atoms with Crippen LogP contribution < -0.4 is 0 Å². The molecule has 0 aliphatic rings. The summed E-state index contributed by atoms with van der Waals surface area (Å²) in [6.45, 7) is 6.40. The molecule has 0 aromatic rings. The summed E-state index contributed by atoms with van der Waals surface area (Å²) in [6, 6.07) is 0. The van der Waals surface area contributed by atoms with Gasteiger partial charge in [0.2, 0.25) is 0 Å². The zero-order valence-corrected chi connectivity index (χ0v) is 54.2. The van der Waals surface area contributed by atoms with Crippen LogP contribution in [-0.4, -0.2) is 37.2 Å². The third-order valence-corrected chi connectivity index (χ3v) is 14.7. The molecule has 0 saturated heterocycles. The molecule has 0 rings (SSSR count). The molecule has 0 amide bonds. The first-order valence-electron chi connectivity index (χ1n) is 34.7. The Kier molecular flexibility index (Phi) is 66.3. The zero-order chi connectivity index (χ0) is 59.9. The van der Waals surface area contributed by atoms with Gasteiger partial charge in [0.25, 0.3) is 0 Å². The van der Waals surface area contributed by atoms with Gasteiger partial charge in [-0.2, -0.15) is 0 Å². The highest BCUT2D eigenvalue weighted by Crippen LogP contribution is 2.17. The number of allylic oxidation sites excluding steroid dienone is 22. The van der Waals surface area contributed by atoms with Crippen LogP contribution in [0, 0.1) is 0 Å². The zero-order valence-electron chi connectivity index (χ0n) is 54.2. The topological polar surface area (TPSA) is 78.9 Å². The van der Waals surface area contributed by atoms with Crippen molar-refractivity contribution in [1.82, 2.24) is 0 Å². The highest BCUT2D eigenvalue weighted by atomic mass is 16.6. The SMILES string of the molecule is CC/C=C\C/C=C\C/C=C\C/C=C\C/C=C\C/C=C\C/C=C\CCCC(=O)OC(COC(=O)CCCCCCCCCCCCCC/C=C\C/C=C\C/C=C\C/C=C\CC)COC(=O)CCCCCCCCCCCCCCCCCCC. The van der Waals surface area contributed by atoms with Gasteiger partial charge in [0.05, 0.1) is 0 Å². The second-order valence-corrected chi connectivity index (χ2v) is 22.7. The molecule has 0 spiro atoms. The lowest BCUT2D eigenvalue weighted by Crippen LogP contribution is -2.30. The average Bonchev–Trinajstić information content (AvgIpc) is 3.49. The van der Waals surface area contributed by atoms with Crippen LogP contribution in [0.4, 0.5) is 0 Å². The van der Waals surface area contributed by atoms with E-state index in [9.17, 15) is 14.4 Å². The van der Waals surface area contributed by atoms with Gasteiger partial charge in [-0.1, -0.05) is 321 Å². The maximum atomic E-state index is 12.9. The molecule has 0 aliphatic carbocycles. The minimum absolute atomic E-state index is 0.102. The van der Waals surface area contributed by atoms with Crippen LogP contribution in [0.25, 0.3) is 0 Å².